The number of hydrogen-bond donors (Lipinski definition) is 2. The van der Waals surface area contributed by atoms with Crippen molar-refractivity contribution in [3.63, 3.8) is 0 Å². The van der Waals surface area contributed by atoms with Crippen LogP contribution in [0.15, 0.2) is 108 Å². The summed E-state index contributed by atoms with van der Waals surface area (Å²) in [5, 5.41) is 5.02. The summed E-state index contributed by atoms with van der Waals surface area (Å²) in [5.41, 5.74) is 1.30. The van der Waals surface area contributed by atoms with Crippen molar-refractivity contribution in [1.29, 1.82) is 0 Å². The second-order valence-electron chi connectivity index (χ2n) is 7.07. The molecule has 0 aliphatic heterocycles. The molecule has 0 aliphatic rings. The number of carbonyl (C=O) groups is 2. The highest BCUT2D eigenvalue weighted by atomic mass is 32.2. The summed E-state index contributed by atoms with van der Waals surface area (Å²) in [5.74, 6) is -0.876. The van der Waals surface area contributed by atoms with Gasteiger partial charge in [-0.3, -0.25) is 9.59 Å². The minimum atomic E-state index is -0.587. The third-order valence-electron chi connectivity index (χ3n) is 4.72. The number of amides is 2. The largest absolute Gasteiger partial charge is 0.322 e. The molecule has 7 heteroatoms. The molecule has 3 aromatic carbocycles. The Hall–Kier alpha value is -3.97. The van der Waals surface area contributed by atoms with Gasteiger partial charge in [0.25, 0.3) is 5.91 Å². The second kappa shape index (κ2) is 10.6. The van der Waals surface area contributed by atoms with Crippen molar-refractivity contribution < 1.29 is 14.0 Å². The zero-order chi connectivity index (χ0) is 23.0. The van der Waals surface area contributed by atoms with Crippen molar-refractivity contribution >= 4 is 35.1 Å². The normalized spacial score (nSPS) is 11.4. The fraction of sp³-hybridized carbons (Fsp3) is 0.0385. The van der Waals surface area contributed by atoms with Crippen LogP contribution in [0.3, 0.4) is 0 Å². The van der Waals surface area contributed by atoms with Gasteiger partial charge in [-0.2, -0.15) is 0 Å². The van der Waals surface area contributed by atoms with Crippen molar-refractivity contribution in [2.45, 2.75) is 10.1 Å². The fourth-order valence-corrected chi connectivity index (χ4v) is 4.24. The zero-order valence-electron chi connectivity index (χ0n) is 17.4. The van der Waals surface area contributed by atoms with Crippen molar-refractivity contribution in [2.24, 2.45) is 0 Å². The molecule has 2 N–H and O–H groups in total. The molecule has 33 heavy (non-hydrogen) atoms. The minimum Gasteiger partial charge on any atom is -0.322 e. The number of aromatic nitrogens is 1. The summed E-state index contributed by atoms with van der Waals surface area (Å²) in [6, 6.07) is 27.6. The number of benzene rings is 3. The Morgan fingerprint density at radius 2 is 1.58 bits per heavy atom. The topological polar surface area (TPSA) is 71.1 Å². The van der Waals surface area contributed by atoms with E-state index in [0.717, 1.165) is 10.5 Å². The van der Waals surface area contributed by atoms with Crippen molar-refractivity contribution in [1.82, 2.24) is 4.98 Å². The number of pyridine rings is 1. The maximum Gasteiger partial charge on any atom is 0.258 e. The van der Waals surface area contributed by atoms with E-state index < -0.39 is 17.0 Å². The molecule has 2 amide bonds. The van der Waals surface area contributed by atoms with Gasteiger partial charge in [0.05, 0.1) is 5.56 Å². The molecule has 1 unspecified atom stereocenters. The zero-order valence-corrected chi connectivity index (χ0v) is 18.3. The van der Waals surface area contributed by atoms with E-state index in [-0.39, 0.29) is 11.5 Å². The predicted octanol–water partition coefficient (Wildman–Crippen LogP) is 5.95. The molecular weight excluding hydrogens is 437 g/mol. The van der Waals surface area contributed by atoms with Crippen LogP contribution in [-0.4, -0.2) is 16.8 Å². The van der Waals surface area contributed by atoms with Crippen molar-refractivity contribution in [3.05, 3.63) is 120 Å². The van der Waals surface area contributed by atoms with Gasteiger partial charge in [0, 0.05) is 16.8 Å². The first-order valence-electron chi connectivity index (χ1n) is 10.2. The highest BCUT2D eigenvalue weighted by Gasteiger charge is 2.23. The van der Waals surface area contributed by atoms with Crippen LogP contribution in [0.4, 0.5) is 15.9 Å². The SMILES string of the molecule is O=C(Nc1cccc(SC(C(=O)Nc2ccccn2)c2ccccc2)c1)c1ccccc1F. The molecule has 4 rings (SSSR count). The molecular formula is C26H20FN3O2S. The lowest BCUT2D eigenvalue weighted by Crippen LogP contribution is -2.19. The van der Waals surface area contributed by atoms with E-state index in [2.05, 4.69) is 15.6 Å². The van der Waals surface area contributed by atoms with Crippen LogP contribution in [0.2, 0.25) is 0 Å². The Kier molecular flexibility index (Phi) is 7.12. The number of carbonyl (C=O) groups excluding carboxylic acids is 2. The average Bonchev–Trinajstić information content (AvgIpc) is 2.84. The van der Waals surface area contributed by atoms with E-state index in [1.165, 1.54) is 30.0 Å². The molecule has 1 heterocycles. The summed E-state index contributed by atoms with van der Waals surface area (Å²) in [4.78, 5) is 30.5. The number of rotatable bonds is 7. The lowest BCUT2D eigenvalue weighted by atomic mass is 10.1. The minimum absolute atomic E-state index is 0.0348. The number of anilines is 2. The van der Waals surface area contributed by atoms with E-state index in [0.29, 0.717) is 11.5 Å². The molecule has 164 valence electrons. The Balaban J connectivity index is 1.54. The lowest BCUT2D eigenvalue weighted by molar-refractivity contribution is -0.115. The molecule has 1 atom stereocenters. The summed E-state index contributed by atoms with van der Waals surface area (Å²) in [7, 11) is 0. The van der Waals surface area contributed by atoms with Crippen LogP contribution >= 0.6 is 11.8 Å². The maximum absolute atomic E-state index is 13.9. The van der Waals surface area contributed by atoms with Crippen LogP contribution < -0.4 is 10.6 Å². The molecule has 5 nitrogen and oxygen atoms in total. The monoisotopic (exact) mass is 457 g/mol. The molecule has 0 saturated carbocycles. The van der Waals surface area contributed by atoms with E-state index >= 15 is 0 Å². The quantitative estimate of drug-likeness (QED) is 0.337. The fourth-order valence-electron chi connectivity index (χ4n) is 3.16. The van der Waals surface area contributed by atoms with Crippen LogP contribution in [0, 0.1) is 5.82 Å². The van der Waals surface area contributed by atoms with E-state index in [9.17, 15) is 14.0 Å². The number of nitrogens with one attached hydrogen (secondary N) is 2. The van der Waals surface area contributed by atoms with Gasteiger partial charge in [0.15, 0.2) is 0 Å². The van der Waals surface area contributed by atoms with Gasteiger partial charge in [-0.1, -0.05) is 54.6 Å². The number of hydrogen-bond acceptors (Lipinski definition) is 4. The van der Waals surface area contributed by atoms with Crippen molar-refractivity contribution in [2.75, 3.05) is 10.6 Å². The molecule has 0 saturated heterocycles. The molecule has 1 aromatic heterocycles. The molecule has 4 aromatic rings. The highest BCUT2D eigenvalue weighted by molar-refractivity contribution is 8.00. The van der Waals surface area contributed by atoms with Gasteiger partial charge in [-0.15, -0.1) is 11.8 Å². The molecule has 0 bridgehead atoms. The van der Waals surface area contributed by atoms with Gasteiger partial charge in [-0.25, -0.2) is 9.37 Å². The third-order valence-corrected chi connectivity index (χ3v) is 5.97. The van der Waals surface area contributed by atoms with E-state index in [1.54, 1.807) is 48.7 Å². The van der Waals surface area contributed by atoms with Gasteiger partial charge in [0.2, 0.25) is 5.91 Å². The number of halogens is 1. The van der Waals surface area contributed by atoms with Gasteiger partial charge < -0.3 is 10.6 Å². The standard InChI is InChI=1S/C26H20FN3O2S/c27-22-14-5-4-13-21(22)25(31)29-19-11-8-12-20(17-19)33-24(18-9-2-1-3-10-18)26(32)30-23-15-6-7-16-28-23/h1-17,24H,(H,29,31)(H,28,30,32). The maximum atomic E-state index is 13.9. The first-order valence-corrected chi connectivity index (χ1v) is 11.1. The van der Waals surface area contributed by atoms with Gasteiger partial charge in [-0.05, 0) is 48.0 Å². The first-order chi connectivity index (χ1) is 16.1. The summed E-state index contributed by atoms with van der Waals surface area (Å²) >= 11 is 1.34. The molecule has 0 aliphatic carbocycles. The number of nitrogens with zero attached hydrogens (tertiary/aromatic N) is 1. The Bertz CT molecular complexity index is 1250. The van der Waals surface area contributed by atoms with Gasteiger partial charge >= 0.3 is 0 Å². The summed E-state index contributed by atoms with van der Waals surface area (Å²) < 4.78 is 13.9. The van der Waals surface area contributed by atoms with E-state index in [4.69, 9.17) is 0 Å². The Morgan fingerprint density at radius 3 is 2.33 bits per heavy atom. The molecule has 0 spiro atoms. The average molecular weight is 458 g/mol. The number of thioether (sulfide) groups is 1. The summed E-state index contributed by atoms with van der Waals surface area (Å²) in [6.07, 6.45) is 1.61. The molecule has 0 radical (unpaired) electrons. The van der Waals surface area contributed by atoms with Crippen LogP contribution in [0.1, 0.15) is 21.2 Å². The third kappa shape index (κ3) is 5.84. The lowest BCUT2D eigenvalue weighted by Gasteiger charge is -2.17. The van der Waals surface area contributed by atoms with Crippen LogP contribution in [0.5, 0.6) is 0 Å². The summed E-state index contributed by atoms with van der Waals surface area (Å²) in [6.45, 7) is 0. The first kappa shape index (κ1) is 22.2. The predicted molar refractivity (Wildman–Crippen MR) is 129 cm³/mol. The second-order valence-corrected chi connectivity index (χ2v) is 8.25. The Morgan fingerprint density at radius 1 is 0.818 bits per heavy atom. The smallest absolute Gasteiger partial charge is 0.258 e. The Labute approximate surface area is 195 Å². The van der Waals surface area contributed by atoms with Crippen LogP contribution in [0.25, 0.3) is 0 Å². The van der Waals surface area contributed by atoms with Crippen LogP contribution in [-0.2, 0) is 4.79 Å². The molecule has 0 fully saturated rings. The van der Waals surface area contributed by atoms with E-state index in [1.807, 2.05) is 36.4 Å². The highest BCUT2D eigenvalue weighted by Crippen LogP contribution is 2.37. The van der Waals surface area contributed by atoms with Crippen molar-refractivity contribution in [3.8, 4) is 0 Å². The van der Waals surface area contributed by atoms with Gasteiger partial charge in [0.1, 0.15) is 16.9 Å².